The summed E-state index contributed by atoms with van der Waals surface area (Å²) in [5.41, 5.74) is 0.410. The lowest BCUT2D eigenvalue weighted by Crippen LogP contribution is -2.52. The summed E-state index contributed by atoms with van der Waals surface area (Å²) < 4.78 is 36.1. The minimum atomic E-state index is -3.69. The van der Waals surface area contributed by atoms with Gasteiger partial charge in [-0.1, -0.05) is 6.92 Å². The van der Waals surface area contributed by atoms with Crippen molar-refractivity contribution in [3.63, 3.8) is 0 Å². The number of methoxy groups -OCH3 is 2. The molecule has 1 amide bonds. The molecule has 1 aliphatic rings. The Hall–Kier alpha value is -2.29. The van der Waals surface area contributed by atoms with Crippen LogP contribution in [0.25, 0.3) is 0 Å². The fourth-order valence-corrected chi connectivity index (χ4v) is 4.69. The van der Waals surface area contributed by atoms with E-state index in [0.717, 1.165) is 6.26 Å². The van der Waals surface area contributed by atoms with Gasteiger partial charge in [-0.15, -0.1) is 0 Å². The number of benzene rings is 1. The molecule has 1 aromatic rings. The van der Waals surface area contributed by atoms with E-state index in [-0.39, 0.29) is 17.8 Å². The van der Waals surface area contributed by atoms with E-state index in [9.17, 15) is 18.0 Å². The molecule has 156 valence electrons. The molecular weight excluding hydrogens is 384 g/mol. The molecule has 0 spiro atoms. The first-order valence-electron chi connectivity index (χ1n) is 9.23. The number of rotatable bonds is 7. The normalized spacial score (nSPS) is 16.4. The molecule has 0 saturated carbocycles. The number of sulfonamides is 1. The largest absolute Gasteiger partial charge is 0.497 e. The molecule has 2 rings (SSSR count). The van der Waals surface area contributed by atoms with Crippen LogP contribution in [0.15, 0.2) is 24.3 Å². The summed E-state index contributed by atoms with van der Waals surface area (Å²) in [6.45, 7) is 2.58. The summed E-state index contributed by atoms with van der Waals surface area (Å²) in [4.78, 5) is 26.5. The van der Waals surface area contributed by atoms with Gasteiger partial charge in [-0.25, -0.2) is 8.42 Å². The lowest BCUT2D eigenvalue weighted by Gasteiger charge is -2.37. The van der Waals surface area contributed by atoms with Crippen molar-refractivity contribution in [2.45, 2.75) is 32.2 Å². The monoisotopic (exact) mass is 412 g/mol. The van der Waals surface area contributed by atoms with E-state index >= 15 is 0 Å². The number of carbonyl (C=O) groups excluding carboxylic acids is 2. The average molecular weight is 413 g/mol. The van der Waals surface area contributed by atoms with E-state index in [4.69, 9.17) is 9.47 Å². The maximum absolute atomic E-state index is 13.1. The predicted molar refractivity (Wildman–Crippen MR) is 106 cm³/mol. The molecule has 28 heavy (non-hydrogen) atoms. The van der Waals surface area contributed by atoms with Gasteiger partial charge in [-0.3, -0.25) is 13.9 Å². The Morgan fingerprint density at radius 2 is 1.75 bits per heavy atom. The van der Waals surface area contributed by atoms with Crippen LogP contribution >= 0.6 is 0 Å². The number of hydrogen-bond acceptors (Lipinski definition) is 6. The summed E-state index contributed by atoms with van der Waals surface area (Å²) in [7, 11) is -0.809. The third-order valence-electron chi connectivity index (χ3n) is 4.98. The number of amides is 1. The van der Waals surface area contributed by atoms with E-state index in [1.165, 1.54) is 18.5 Å². The third-order valence-corrected chi connectivity index (χ3v) is 6.16. The van der Waals surface area contributed by atoms with Crippen molar-refractivity contribution in [1.82, 2.24) is 4.90 Å². The van der Waals surface area contributed by atoms with Crippen molar-refractivity contribution in [3.8, 4) is 5.75 Å². The Balaban J connectivity index is 2.23. The Labute approximate surface area is 166 Å². The van der Waals surface area contributed by atoms with E-state index in [2.05, 4.69) is 0 Å². The highest BCUT2D eigenvalue weighted by Crippen LogP contribution is 2.27. The number of carbonyl (C=O) groups is 2. The molecule has 0 aromatic heterocycles. The lowest BCUT2D eigenvalue weighted by atomic mass is 9.96. The van der Waals surface area contributed by atoms with Gasteiger partial charge in [-0.05, 0) is 43.5 Å². The first-order chi connectivity index (χ1) is 13.2. The lowest BCUT2D eigenvalue weighted by molar-refractivity contribution is -0.149. The molecule has 1 unspecified atom stereocenters. The first kappa shape index (κ1) is 22.0. The Morgan fingerprint density at radius 1 is 1.18 bits per heavy atom. The molecule has 0 aliphatic carbocycles. The molecule has 1 heterocycles. The highest BCUT2D eigenvalue weighted by Gasteiger charge is 2.36. The second-order valence-electron chi connectivity index (χ2n) is 6.80. The maximum Gasteiger partial charge on any atom is 0.308 e. The zero-order chi connectivity index (χ0) is 20.9. The van der Waals surface area contributed by atoms with Gasteiger partial charge in [0.15, 0.2) is 0 Å². The molecule has 1 aromatic carbocycles. The molecule has 1 atom stereocenters. The van der Waals surface area contributed by atoms with E-state index < -0.39 is 16.1 Å². The van der Waals surface area contributed by atoms with Crippen LogP contribution in [-0.4, -0.2) is 64.8 Å². The SMILES string of the molecule is CCC(C(=O)N1CCC(C(=O)OC)CC1)N(c1ccc(OC)cc1)S(C)(=O)=O. The average Bonchev–Trinajstić information content (AvgIpc) is 2.70. The van der Waals surface area contributed by atoms with Crippen molar-refractivity contribution in [1.29, 1.82) is 0 Å². The summed E-state index contributed by atoms with van der Waals surface area (Å²) in [6.07, 6.45) is 2.44. The predicted octanol–water partition coefficient (Wildman–Crippen LogP) is 1.65. The van der Waals surface area contributed by atoms with E-state index in [1.807, 2.05) is 0 Å². The summed E-state index contributed by atoms with van der Waals surface area (Å²) in [5, 5.41) is 0. The molecular formula is C19H28N2O6S. The minimum absolute atomic E-state index is 0.221. The van der Waals surface area contributed by atoms with Gasteiger partial charge >= 0.3 is 5.97 Å². The van der Waals surface area contributed by atoms with Crippen molar-refractivity contribution in [2.75, 3.05) is 37.9 Å². The topological polar surface area (TPSA) is 93.2 Å². The number of anilines is 1. The fourth-order valence-electron chi connectivity index (χ4n) is 3.49. The zero-order valence-electron chi connectivity index (χ0n) is 16.8. The van der Waals surface area contributed by atoms with Crippen LogP contribution < -0.4 is 9.04 Å². The Kier molecular flexibility index (Phi) is 7.29. The van der Waals surface area contributed by atoms with Crippen LogP contribution in [0.4, 0.5) is 5.69 Å². The van der Waals surface area contributed by atoms with Gasteiger partial charge in [0.25, 0.3) is 0 Å². The van der Waals surface area contributed by atoms with Crippen molar-refractivity contribution in [2.24, 2.45) is 5.92 Å². The molecule has 1 fully saturated rings. The standard InChI is InChI=1S/C19H28N2O6S/c1-5-17(18(22)20-12-10-14(11-13-20)19(23)27-3)21(28(4,24)25)15-6-8-16(26-2)9-7-15/h6-9,14,17H,5,10-13H2,1-4H3. The van der Waals surface area contributed by atoms with Crippen LogP contribution in [0.2, 0.25) is 0 Å². The van der Waals surface area contributed by atoms with Gasteiger partial charge in [0.1, 0.15) is 11.8 Å². The molecule has 1 saturated heterocycles. The number of esters is 1. The highest BCUT2D eigenvalue weighted by molar-refractivity contribution is 7.92. The third kappa shape index (κ3) is 4.95. The molecule has 8 nitrogen and oxygen atoms in total. The first-order valence-corrected chi connectivity index (χ1v) is 11.1. The fraction of sp³-hybridized carbons (Fsp3) is 0.579. The van der Waals surface area contributed by atoms with Gasteiger partial charge in [-0.2, -0.15) is 0 Å². The second kappa shape index (κ2) is 9.27. The molecule has 0 radical (unpaired) electrons. The van der Waals surface area contributed by atoms with Gasteiger partial charge < -0.3 is 14.4 Å². The molecule has 1 aliphatic heterocycles. The van der Waals surface area contributed by atoms with Crippen LogP contribution in [-0.2, 0) is 24.3 Å². The number of hydrogen-bond donors (Lipinski definition) is 0. The van der Waals surface area contributed by atoms with Crippen LogP contribution in [0, 0.1) is 5.92 Å². The number of nitrogens with zero attached hydrogens (tertiary/aromatic N) is 2. The second-order valence-corrected chi connectivity index (χ2v) is 8.66. The summed E-state index contributed by atoms with van der Waals surface area (Å²) in [6, 6.07) is 5.72. The minimum Gasteiger partial charge on any atom is -0.497 e. The summed E-state index contributed by atoms with van der Waals surface area (Å²) >= 11 is 0. The van der Waals surface area contributed by atoms with Gasteiger partial charge in [0.2, 0.25) is 15.9 Å². The van der Waals surface area contributed by atoms with Crippen LogP contribution in [0.1, 0.15) is 26.2 Å². The summed E-state index contributed by atoms with van der Waals surface area (Å²) in [5.74, 6) is -0.148. The zero-order valence-corrected chi connectivity index (χ0v) is 17.6. The quantitative estimate of drug-likeness (QED) is 0.632. The number of likely N-dealkylation sites (tertiary alicyclic amines) is 1. The van der Waals surface area contributed by atoms with Crippen molar-refractivity contribution < 1.29 is 27.5 Å². The Morgan fingerprint density at radius 3 is 2.18 bits per heavy atom. The Bertz CT molecular complexity index is 785. The highest BCUT2D eigenvalue weighted by atomic mass is 32.2. The van der Waals surface area contributed by atoms with E-state index in [0.29, 0.717) is 43.8 Å². The smallest absolute Gasteiger partial charge is 0.308 e. The van der Waals surface area contributed by atoms with Crippen LogP contribution in [0.5, 0.6) is 5.75 Å². The number of ether oxygens (including phenoxy) is 2. The van der Waals surface area contributed by atoms with Crippen molar-refractivity contribution in [3.05, 3.63) is 24.3 Å². The maximum atomic E-state index is 13.1. The van der Waals surface area contributed by atoms with Gasteiger partial charge in [0.05, 0.1) is 32.1 Å². The van der Waals surface area contributed by atoms with Gasteiger partial charge in [0, 0.05) is 13.1 Å². The van der Waals surface area contributed by atoms with Crippen LogP contribution in [0.3, 0.4) is 0 Å². The van der Waals surface area contributed by atoms with E-state index in [1.54, 1.807) is 36.1 Å². The number of piperidine rings is 1. The molecule has 9 heteroatoms. The molecule has 0 bridgehead atoms. The molecule has 0 N–H and O–H groups in total. The van der Waals surface area contributed by atoms with Crippen molar-refractivity contribution >= 4 is 27.6 Å².